The summed E-state index contributed by atoms with van der Waals surface area (Å²) in [6.07, 6.45) is 1.44. The zero-order valence-electron chi connectivity index (χ0n) is 15.1. The fraction of sp³-hybridized carbons (Fsp3) is 0.381. The van der Waals surface area contributed by atoms with Crippen molar-refractivity contribution in [1.82, 2.24) is 4.90 Å². The van der Waals surface area contributed by atoms with Crippen molar-refractivity contribution in [3.05, 3.63) is 58.9 Å². The minimum absolute atomic E-state index is 0.113. The van der Waals surface area contributed by atoms with Crippen LogP contribution < -0.4 is 4.74 Å². The molecule has 0 amide bonds. The Labute approximate surface area is 157 Å². The van der Waals surface area contributed by atoms with Crippen molar-refractivity contribution in [1.29, 1.82) is 0 Å². The predicted molar refractivity (Wildman–Crippen MR) is 97.1 cm³/mol. The number of ether oxygens (including phenoxy) is 1. The molecule has 2 aliphatic heterocycles. The van der Waals surface area contributed by atoms with Crippen LogP contribution in [0.15, 0.2) is 36.4 Å². The van der Waals surface area contributed by atoms with Crippen LogP contribution in [0.25, 0.3) is 0 Å². The number of halogens is 1. The largest absolute Gasteiger partial charge is 0.508 e. The van der Waals surface area contributed by atoms with E-state index in [2.05, 4.69) is 0 Å². The summed E-state index contributed by atoms with van der Waals surface area (Å²) in [6.45, 7) is 2.89. The van der Waals surface area contributed by atoms with Crippen molar-refractivity contribution in [2.75, 3.05) is 13.1 Å². The van der Waals surface area contributed by atoms with Crippen molar-refractivity contribution in [2.24, 2.45) is 0 Å². The number of nitrogens with zero attached hydrogens (tertiary/aromatic N) is 1. The molecule has 2 aliphatic rings. The van der Waals surface area contributed by atoms with Crippen LogP contribution in [0, 0.1) is 12.7 Å². The Morgan fingerprint density at radius 1 is 1.19 bits per heavy atom. The van der Waals surface area contributed by atoms with Gasteiger partial charge in [0.05, 0.1) is 5.60 Å². The molecule has 1 unspecified atom stereocenters. The summed E-state index contributed by atoms with van der Waals surface area (Å²) in [7, 11) is 0. The summed E-state index contributed by atoms with van der Waals surface area (Å²) in [6, 6.07) is 8.88. The van der Waals surface area contributed by atoms with Crippen molar-refractivity contribution in [2.45, 2.75) is 37.8 Å². The Bertz CT molecular complexity index is 872. The molecule has 2 heterocycles. The second-order valence-electron chi connectivity index (χ2n) is 7.46. The van der Waals surface area contributed by atoms with E-state index in [0.29, 0.717) is 43.7 Å². The third kappa shape index (κ3) is 3.31. The molecule has 1 saturated heterocycles. The SMILES string of the molecule is Cc1cc2c(cc1O)OC(=O)C(N1CCC(O)(c3ccc(F)cc3)CC1)C2. The lowest BCUT2D eigenvalue weighted by atomic mass is 9.83. The topological polar surface area (TPSA) is 70.0 Å². The second kappa shape index (κ2) is 6.62. The fourth-order valence-electron chi connectivity index (χ4n) is 3.99. The number of phenols is 1. The van der Waals surface area contributed by atoms with Gasteiger partial charge >= 0.3 is 5.97 Å². The Morgan fingerprint density at radius 3 is 2.52 bits per heavy atom. The Morgan fingerprint density at radius 2 is 1.85 bits per heavy atom. The van der Waals surface area contributed by atoms with Gasteiger partial charge in [-0.3, -0.25) is 4.90 Å². The minimum atomic E-state index is -1.01. The van der Waals surface area contributed by atoms with E-state index in [1.165, 1.54) is 18.2 Å². The fourth-order valence-corrected chi connectivity index (χ4v) is 3.99. The number of aliphatic hydroxyl groups is 1. The summed E-state index contributed by atoms with van der Waals surface area (Å²) < 4.78 is 18.6. The van der Waals surface area contributed by atoms with E-state index in [0.717, 1.165) is 11.1 Å². The Balaban J connectivity index is 1.48. The number of esters is 1. The van der Waals surface area contributed by atoms with Crippen LogP contribution >= 0.6 is 0 Å². The molecule has 0 spiro atoms. The normalized spacial score (nSPS) is 22.2. The van der Waals surface area contributed by atoms with Crippen LogP contribution in [0.1, 0.15) is 29.5 Å². The molecular weight excluding hydrogens is 349 g/mol. The van der Waals surface area contributed by atoms with Crippen LogP contribution in [0.3, 0.4) is 0 Å². The number of carbonyl (C=O) groups is 1. The van der Waals surface area contributed by atoms with E-state index in [1.807, 2.05) is 17.9 Å². The summed E-state index contributed by atoms with van der Waals surface area (Å²) >= 11 is 0. The number of hydrogen-bond donors (Lipinski definition) is 2. The minimum Gasteiger partial charge on any atom is -0.508 e. The number of fused-ring (bicyclic) bond motifs is 1. The molecule has 0 aromatic heterocycles. The van der Waals surface area contributed by atoms with E-state index < -0.39 is 11.6 Å². The van der Waals surface area contributed by atoms with Crippen LogP contribution in [-0.4, -0.2) is 40.2 Å². The summed E-state index contributed by atoms with van der Waals surface area (Å²) in [5.41, 5.74) is 1.33. The highest BCUT2D eigenvalue weighted by Crippen LogP contribution is 2.37. The number of piperidine rings is 1. The smallest absolute Gasteiger partial charge is 0.329 e. The molecular formula is C21H22FNO4. The number of benzene rings is 2. The number of phenolic OH excluding ortho intramolecular Hbond substituents is 1. The first-order valence-electron chi connectivity index (χ1n) is 9.12. The van der Waals surface area contributed by atoms with Crippen LogP contribution in [-0.2, 0) is 16.8 Å². The van der Waals surface area contributed by atoms with Crippen molar-refractivity contribution < 1.29 is 24.1 Å². The van der Waals surface area contributed by atoms with Crippen LogP contribution in [0.4, 0.5) is 4.39 Å². The monoisotopic (exact) mass is 371 g/mol. The predicted octanol–water partition coefficient (Wildman–Crippen LogP) is 2.65. The molecule has 6 heteroatoms. The van der Waals surface area contributed by atoms with E-state index in [-0.39, 0.29) is 17.5 Å². The number of rotatable bonds is 2. The van der Waals surface area contributed by atoms with Crippen LogP contribution in [0.2, 0.25) is 0 Å². The van der Waals surface area contributed by atoms with E-state index >= 15 is 0 Å². The van der Waals surface area contributed by atoms with Crippen molar-refractivity contribution in [3.63, 3.8) is 0 Å². The lowest BCUT2D eigenvalue weighted by Crippen LogP contribution is -2.52. The zero-order valence-corrected chi connectivity index (χ0v) is 15.1. The van der Waals surface area contributed by atoms with Gasteiger partial charge in [0.2, 0.25) is 0 Å². The average Bonchev–Trinajstić information content (AvgIpc) is 2.64. The Kier molecular flexibility index (Phi) is 4.40. The van der Waals surface area contributed by atoms with Gasteiger partial charge in [-0.05, 0) is 54.7 Å². The molecule has 0 saturated carbocycles. The highest BCUT2D eigenvalue weighted by Gasteiger charge is 2.40. The standard InChI is InChI=1S/C21H22FNO4/c1-13-10-14-11-17(20(25)27-19(14)12-18(13)24)23-8-6-21(26,7-9-23)15-2-4-16(22)5-3-15/h2-5,10,12,17,24,26H,6-9,11H2,1H3. The maximum Gasteiger partial charge on any atom is 0.329 e. The van der Waals surface area contributed by atoms with Gasteiger partial charge in [-0.25, -0.2) is 9.18 Å². The number of hydrogen-bond acceptors (Lipinski definition) is 5. The molecule has 0 bridgehead atoms. The van der Waals surface area contributed by atoms with Gasteiger partial charge in [-0.2, -0.15) is 0 Å². The molecule has 0 radical (unpaired) electrons. The van der Waals surface area contributed by atoms with Crippen molar-refractivity contribution >= 4 is 5.97 Å². The first-order valence-corrected chi connectivity index (χ1v) is 9.12. The van der Waals surface area contributed by atoms with Gasteiger partial charge < -0.3 is 14.9 Å². The lowest BCUT2D eigenvalue weighted by Gasteiger charge is -2.42. The van der Waals surface area contributed by atoms with Crippen LogP contribution in [0.5, 0.6) is 11.5 Å². The molecule has 5 nitrogen and oxygen atoms in total. The lowest BCUT2D eigenvalue weighted by molar-refractivity contribution is -0.144. The first-order chi connectivity index (χ1) is 12.9. The van der Waals surface area contributed by atoms with E-state index in [9.17, 15) is 19.4 Å². The molecule has 1 atom stereocenters. The second-order valence-corrected chi connectivity index (χ2v) is 7.46. The van der Waals surface area contributed by atoms with Gasteiger partial charge in [0, 0.05) is 25.6 Å². The number of likely N-dealkylation sites (tertiary alicyclic amines) is 1. The van der Waals surface area contributed by atoms with Gasteiger partial charge in [-0.1, -0.05) is 12.1 Å². The summed E-state index contributed by atoms with van der Waals surface area (Å²) in [4.78, 5) is 14.5. The Hall–Kier alpha value is -2.44. The maximum atomic E-state index is 13.1. The third-order valence-electron chi connectivity index (χ3n) is 5.72. The van der Waals surface area contributed by atoms with Gasteiger partial charge in [0.1, 0.15) is 23.4 Å². The number of aromatic hydroxyl groups is 1. The molecule has 4 rings (SSSR count). The highest BCUT2D eigenvalue weighted by atomic mass is 19.1. The highest BCUT2D eigenvalue weighted by molar-refractivity contribution is 5.81. The number of aryl methyl sites for hydroxylation is 1. The molecule has 1 fully saturated rings. The maximum absolute atomic E-state index is 13.1. The first kappa shape index (κ1) is 17.9. The molecule has 27 heavy (non-hydrogen) atoms. The molecule has 2 aromatic rings. The average molecular weight is 371 g/mol. The molecule has 0 aliphatic carbocycles. The van der Waals surface area contributed by atoms with E-state index in [4.69, 9.17) is 4.74 Å². The van der Waals surface area contributed by atoms with Gasteiger partial charge in [-0.15, -0.1) is 0 Å². The molecule has 2 N–H and O–H groups in total. The zero-order chi connectivity index (χ0) is 19.2. The molecule has 142 valence electrons. The number of carbonyl (C=O) groups excluding carboxylic acids is 1. The van der Waals surface area contributed by atoms with Crippen molar-refractivity contribution in [3.8, 4) is 11.5 Å². The van der Waals surface area contributed by atoms with Gasteiger partial charge in [0.15, 0.2) is 0 Å². The van der Waals surface area contributed by atoms with E-state index in [1.54, 1.807) is 12.1 Å². The summed E-state index contributed by atoms with van der Waals surface area (Å²) in [5, 5.41) is 20.8. The third-order valence-corrected chi connectivity index (χ3v) is 5.72. The summed E-state index contributed by atoms with van der Waals surface area (Å²) in [5.74, 6) is -0.135. The molecule has 2 aromatic carbocycles. The van der Waals surface area contributed by atoms with Gasteiger partial charge in [0.25, 0.3) is 0 Å². The quantitative estimate of drug-likeness (QED) is 0.627.